The summed E-state index contributed by atoms with van der Waals surface area (Å²) in [5.74, 6) is 1.34. The molecule has 0 bridgehead atoms. The molecule has 2 aliphatic rings. The van der Waals surface area contributed by atoms with Crippen LogP contribution in [0.5, 0.6) is 0 Å². The summed E-state index contributed by atoms with van der Waals surface area (Å²) in [6, 6.07) is 18.5. The van der Waals surface area contributed by atoms with Gasteiger partial charge >= 0.3 is 0 Å². The Balaban J connectivity index is 1.24. The number of hydrogen-bond donors (Lipinski definition) is 2. The second-order valence-electron chi connectivity index (χ2n) is 10.9. The van der Waals surface area contributed by atoms with Crippen LogP contribution < -0.4 is 11.1 Å². The summed E-state index contributed by atoms with van der Waals surface area (Å²) in [6.45, 7) is 4.61. The van der Waals surface area contributed by atoms with Gasteiger partial charge in [-0.05, 0) is 78.9 Å². The van der Waals surface area contributed by atoms with Gasteiger partial charge in [0.2, 0.25) is 5.91 Å². The highest BCUT2D eigenvalue weighted by molar-refractivity contribution is 5.87. The molecule has 1 saturated heterocycles. The maximum Gasteiger partial charge on any atom is 0.245 e. The number of benzene rings is 1. The van der Waals surface area contributed by atoms with Crippen LogP contribution in [0.3, 0.4) is 0 Å². The van der Waals surface area contributed by atoms with Crippen molar-refractivity contribution in [1.82, 2.24) is 39.5 Å². The van der Waals surface area contributed by atoms with E-state index >= 15 is 0 Å². The number of pyridine rings is 2. The summed E-state index contributed by atoms with van der Waals surface area (Å²) in [5.41, 5.74) is 11.9. The first-order valence-corrected chi connectivity index (χ1v) is 14.3. The predicted molar refractivity (Wildman–Crippen MR) is 162 cm³/mol. The number of aromatic nitrogens is 6. The van der Waals surface area contributed by atoms with E-state index in [0.29, 0.717) is 36.2 Å². The van der Waals surface area contributed by atoms with Crippen LogP contribution >= 0.6 is 0 Å². The lowest BCUT2D eigenvalue weighted by atomic mass is 9.92. The third-order valence-electron chi connectivity index (χ3n) is 8.45. The number of fused-ring (bicyclic) bond motifs is 2. The van der Waals surface area contributed by atoms with Gasteiger partial charge in [0, 0.05) is 49.5 Å². The summed E-state index contributed by atoms with van der Waals surface area (Å²) in [4.78, 5) is 28.0. The van der Waals surface area contributed by atoms with Gasteiger partial charge in [-0.3, -0.25) is 9.36 Å². The second-order valence-corrected chi connectivity index (χ2v) is 10.9. The molecule has 0 radical (unpaired) electrons. The van der Waals surface area contributed by atoms with Gasteiger partial charge in [-0.15, -0.1) is 0 Å². The molecule has 4 aromatic heterocycles. The van der Waals surface area contributed by atoms with Crippen molar-refractivity contribution in [2.24, 2.45) is 5.92 Å². The molecule has 43 heavy (non-hydrogen) atoms. The van der Waals surface area contributed by atoms with Crippen LogP contribution in [0.4, 0.5) is 5.82 Å². The Hall–Kier alpha value is -5.34. The molecule has 1 amide bonds. The zero-order valence-electron chi connectivity index (χ0n) is 23.5. The standard InChI is InChI=1S/C32H30N10O/c1-2-29(43)40-16-12-25(21(18-33)19-40)37-26-9-6-20-17-22(7-8-23(20)26)42-31(24-5-3-13-35-30(24)34)38-27-10-11-28(39-32(27)42)41-15-4-14-36-41/h2-5,7-8,10-11,13-15,17,21,25-26,37H,1,6,9,12,16,19H2,(H2,34,35)/t21?,25?,26-/m0/s1. The first-order valence-electron chi connectivity index (χ1n) is 14.3. The van der Waals surface area contributed by atoms with Crippen molar-refractivity contribution in [2.75, 3.05) is 18.8 Å². The van der Waals surface area contributed by atoms with Gasteiger partial charge in [0.25, 0.3) is 0 Å². The SMILES string of the molecule is C=CC(=O)N1CCC(N[C@H]2CCc3cc(-n4c(-c5cccnc5N)nc5ccc(-n6cccn6)nc54)ccc32)C(C#N)C1. The summed E-state index contributed by atoms with van der Waals surface area (Å²) in [7, 11) is 0. The Morgan fingerprint density at radius 3 is 2.84 bits per heavy atom. The average molecular weight is 571 g/mol. The third kappa shape index (κ3) is 4.71. The summed E-state index contributed by atoms with van der Waals surface area (Å²) in [6.07, 6.45) is 9.11. The molecular weight excluding hydrogens is 540 g/mol. The molecule has 3 N–H and O–H groups in total. The molecule has 0 spiro atoms. The summed E-state index contributed by atoms with van der Waals surface area (Å²) < 4.78 is 3.76. The molecular formula is C32H30N10O. The fourth-order valence-electron chi connectivity index (χ4n) is 6.30. The fraction of sp³-hybridized carbons (Fsp3) is 0.250. The van der Waals surface area contributed by atoms with Crippen LogP contribution in [0.15, 0.2) is 79.8 Å². The zero-order chi connectivity index (χ0) is 29.5. The smallest absolute Gasteiger partial charge is 0.245 e. The molecule has 5 aromatic rings. The number of nitrogens with two attached hydrogens (primary N) is 1. The van der Waals surface area contributed by atoms with E-state index < -0.39 is 0 Å². The van der Waals surface area contributed by atoms with E-state index in [1.54, 1.807) is 22.0 Å². The normalized spacial score (nSPS) is 19.7. The topological polar surface area (TPSA) is 144 Å². The Bertz CT molecular complexity index is 1890. The van der Waals surface area contributed by atoms with Crippen LogP contribution in [-0.4, -0.2) is 59.2 Å². The molecule has 7 rings (SSSR count). The minimum Gasteiger partial charge on any atom is -0.383 e. The molecule has 214 valence electrons. The molecule has 2 unspecified atom stereocenters. The van der Waals surface area contributed by atoms with Crippen molar-refractivity contribution in [3.63, 3.8) is 0 Å². The number of amides is 1. The maximum atomic E-state index is 12.1. The van der Waals surface area contributed by atoms with Gasteiger partial charge in [-0.25, -0.2) is 19.6 Å². The molecule has 1 fully saturated rings. The molecule has 1 aromatic carbocycles. The van der Waals surface area contributed by atoms with Crippen molar-refractivity contribution >= 4 is 22.9 Å². The Labute approximate surface area is 248 Å². The molecule has 0 saturated carbocycles. The van der Waals surface area contributed by atoms with Gasteiger partial charge in [0.1, 0.15) is 11.3 Å². The minimum atomic E-state index is -0.277. The highest BCUT2D eigenvalue weighted by atomic mass is 16.2. The van der Waals surface area contributed by atoms with Crippen molar-refractivity contribution in [3.05, 3.63) is 90.9 Å². The number of carbonyl (C=O) groups is 1. The van der Waals surface area contributed by atoms with Crippen LogP contribution in [0, 0.1) is 17.2 Å². The summed E-state index contributed by atoms with van der Waals surface area (Å²) in [5, 5.41) is 18.0. The van der Waals surface area contributed by atoms with E-state index in [1.807, 2.05) is 41.1 Å². The molecule has 11 nitrogen and oxygen atoms in total. The lowest BCUT2D eigenvalue weighted by Crippen LogP contribution is -2.50. The largest absolute Gasteiger partial charge is 0.383 e. The van der Waals surface area contributed by atoms with E-state index in [4.69, 9.17) is 15.7 Å². The predicted octanol–water partition coefficient (Wildman–Crippen LogP) is 3.75. The number of aryl methyl sites for hydroxylation is 1. The first kappa shape index (κ1) is 26.6. The van der Waals surface area contributed by atoms with Crippen molar-refractivity contribution in [2.45, 2.75) is 31.3 Å². The highest BCUT2D eigenvalue weighted by Crippen LogP contribution is 2.37. The monoisotopic (exact) mass is 570 g/mol. The van der Waals surface area contributed by atoms with E-state index in [9.17, 15) is 10.1 Å². The number of anilines is 1. The maximum absolute atomic E-state index is 12.1. The Morgan fingerprint density at radius 2 is 2.05 bits per heavy atom. The van der Waals surface area contributed by atoms with Crippen molar-refractivity contribution < 1.29 is 4.79 Å². The number of carbonyl (C=O) groups excluding carboxylic acids is 1. The molecule has 3 atom stereocenters. The van der Waals surface area contributed by atoms with Gasteiger partial charge in [-0.2, -0.15) is 10.4 Å². The quantitative estimate of drug-likeness (QED) is 0.294. The van der Waals surface area contributed by atoms with E-state index in [-0.39, 0.29) is 23.9 Å². The van der Waals surface area contributed by atoms with Crippen molar-refractivity contribution in [1.29, 1.82) is 5.26 Å². The van der Waals surface area contributed by atoms with E-state index in [1.165, 1.54) is 17.2 Å². The number of nitrogens with zero attached hydrogens (tertiary/aromatic N) is 8. The first-order chi connectivity index (χ1) is 21.0. The lowest BCUT2D eigenvalue weighted by molar-refractivity contribution is -0.127. The van der Waals surface area contributed by atoms with E-state index in [0.717, 1.165) is 36.0 Å². The number of nitriles is 1. The molecule has 1 aliphatic carbocycles. The summed E-state index contributed by atoms with van der Waals surface area (Å²) >= 11 is 0. The van der Waals surface area contributed by atoms with E-state index in [2.05, 4.69) is 46.2 Å². The fourth-order valence-corrected chi connectivity index (χ4v) is 6.30. The minimum absolute atomic E-state index is 0.0113. The van der Waals surface area contributed by atoms with Crippen LogP contribution in [0.25, 0.3) is 34.1 Å². The number of rotatable bonds is 6. The molecule has 11 heteroatoms. The second kappa shape index (κ2) is 10.8. The number of hydrogen-bond acceptors (Lipinski definition) is 8. The Kier molecular flexibility index (Phi) is 6.68. The van der Waals surface area contributed by atoms with Gasteiger partial charge in [-0.1, -0.05) is 12.6 Å². The van der Waals surface area contributed by atoms with Crippen LogP contribution in [0.2, 0.25) is 0 Å². The number of nitrogen functional groups attached to an aromatic ring is 1. The van der Waals surface area contributed by atoms with Crippen LogP contribution in [-0.2, 0) is 11.2 Å². The number of likely N-dealkylation sites (tertiary alicyclic amines) is 1. The number of piperidine rings is 1. The zero-order valence-corrected chi connectivity index (χ0v) is 23.5. The third-order valence-corrected chi connectivity index (χ3v) is 8.45. The van der Waals surface area contributed by atoms with Gasteiger partial charge < -0.3 is 16.0 Å². The lowest BCUT2D eigenvalue weighted by Gasteiger charge is -2.37. The number of nitrogens with one attached hydrogen (secondary N) is 1. The highest BCUT2D eigenvalue weighted by Gasteiger charge is 2.34. The average Bonchev–Trinajstić information content (AvgIpc) is 3.80. The molecule has 5 heterocycles. The van der Waals surface area contributed by atoms with Crippen LogP contribution in [0.1, 0.15) is 30.0 Å². The Morgan fingerprint density at radius 1 is 1.14 bits per heavy atom. The number of imidazole rings is 1. The van der Waals surface area contributed by atoms with Crippen molar-refractivity contribution in [3.8, 4) is 29.0 Å². The molecule has 1 aliphatic heterocycles. The van der Waals surface area contributed by atoms with Gasteiger partial charge in [0.15, 0.2) is 17.3 Å². The van der Waals surface area contributed by atoms with Gasteiger partial charge in [0.05, 0.1) is 17.6 Å².